The lowest BCUT2D eigenvalue weighted by Gasteiger charge is -2.24. The van der Waals surface area contributed by atoms with E-state index in [1.165, 1.54) is 5.56 Å². The molecule has 1 aliphatic heterocycles. The molecule has 0 saturated heterocycles. The zero-order valence-electron chi connectivity index (χ0n) is 13.4. The van der Waals surface area contributed by atoms with Gasteiger partial charge in [0.15, 0.2) is 6.10 Å². The van der Waals surface area contributed by atoms with Gasteiger partial charge in [-0.3, -0.25) is 4.79 Å². The Morgan fingerprint density at radius 3 is 2.83 bits per heavy atom. The van der Waals surface area contributed by atoms with Crippen LogP contribution in [0.5, 0.6) is 5.75 Å². The van der Waals surface area contributed by atoms with E-state index in [0.29, 0.717) is 17.2 Å². The van der Waals surface area contributed by atoms with Gasteiger partial charge in [-0.25, -0.2) is 0 Å². The van der Waals surface area contributed by atoms with Crippen molar-refractivity contribution in [2.45, 2.75) is 32.8 Å². The first-order valence-electron chi connectivity index (χ1n) is 7.92. The Morgan fingerprint density at radius 2 is 2.09 bits per heavy atom. The first-order chi connectivity index (χ1) is 11.1. The van der Waals surface area contributed by atoms with Crippen LogP contribution in [0.25, 0.3) is 0 Å². The molecule has 0 aliphatic carbocycles. The van der Waals surface area contributed by atoms with Crippen molar-refractivity contribution in [2.24, 2.45) is 0 Å². The lowest BCUT2D eigenvalue weighted by atomic mass is 10.1. The van der Waals surface area contributed by atoms with E-state index in [4.69, 9.17) is 16.3 Å². The molecular weight excluding hydrogens is 310 g/mol. The van der Waals surface area contributed by atoms with E-state index in [0.717, 1.165) is 24.2 Å². The van der Waals surface area contributed by atoms with Gasteiger partial charge in [0.2, 0.25) is 0 Å². The third-order valence-electron chi connectivity index (χ3n) is 4.21. The number of benzene rings is 2. The van der Waals surface area contributed by atoms with E-state index in [9.17, 15) is 4.79 Å². The number of para-hydroxylation sites is 1. The minimum Gasteiger partial charge on any atom is -0.481 e. The first-order valence-corrected chi connectivity index (χ1v) is 8.30. The molecule has 0 N–H and O–H groups in total. The Balaban J connectivity index is 1.78. The maximum absolute atomic E-state index is 12.9. The number of hydrogen-bond donors (Lipinski definition) is 0. The van der Waals surface area contributed by atoms with Gasteiger partial charge in [0.25, 0.3) is 5.91 Å². The molecule has 3 nitrogen and oxygen atoms in total. The number of ether oxygens (including phenoxy) is 1. The molecule has 4 heteroatoms. The van der Waals surface area contributed by atoms with E-state index < -0.39 is 6.10 Å². The van der Waals surface area contributed by atoms with Gasteiger partial charge in [-0.05, 0) is 55.2 Å². The topological polar surface area (TPSA) is 29.5 Å². The summed E-state index contributed by atoms with van der Waals surface area (Å²) in [4.78, 5) is 14.7. The summed E-state index contributed by atoms with van der Waals surface area (Å²) in [7, 11) is 0. The molecule has 3 rings (SSSR count). The molecule has 2 aromatic rings. The Morgan fingerprint density at radius 1 is 1.30 bits per heavy atom. The minimum absolute atomic E-state index is 0.0186. The number of aryl methyl sites for hydroxylation is 1. The second-order valence-corrected chi connectivity index (χ2v) is 6.20. The van der Waals surface area contributed by atoms with Gasteiger partial charge in [0.05, 0.1) is 0 Å². The van der Waals surface area contributed by atoms with Gasteiger partial charge in [0.1, 0.15) is 5.75 Å². The fourth-order valence-electron chi connectivity index (χ4n) is 2.90. The van der Waals surface area contributed by atoms with Gasteiger partial charge in [-0.2, -0.15) is 0 Å². The SMILES string of the molecule is CC[C@H](Oc1ccc(Cl)c(C)c1)C(=O)N1CCc2ccccc21. The molecule has 0 saturated carbocycles. The Kier molecular flexibility index (Phi) is 4.58. The van der Waals surface area contributed by atoms with Crippen LogP contribution in [0.1, 0.15) is 24.5 Å². The number of nitrogens with zero attached hydrogens (tertiary/aromatic N) is 1. The van der Waals surface area contributed by atoms with Crippen LogP contribution in [0, 0.1) is 6.92 Å². The molecule has 0 bridgehead atoms. The summed E-state index contributed by atoms with van der Waals surface area (Å²) in [6.45, 7) is 4.61. The number of halogens is 1. The lowest BCUT2D eigenvalue weighted by molar-refractivity contribution is -0.125. The number of carbonyl (C=O) groups excluding carboxylic acids is 1. The summed E-state index contributed by atoms with van der Waals surface area (Å²) in [5, 5.41) is 0.699. The van der Waals surface area contributed by atoms with Crippen molar-refractivity contribution < 1.29 is 9.53 Å². The monoisotopic (exact) mass is 329 g/mol. The van der Waals surface area contributed by atoms with Gasteiger partial charge in [-0.1, -0.05) is 36.7 Å². The molecule has 0 aromatic heterocycles. The normalized spacial score (nSPS) is 14.5. The van der Waals surface area contributed by atoms with E-state index >= 15 is 0 Å². The van der Waals surface area contributed by atoms with Crippen LogP contribution in [0.4, 0.5) is 5.69 Å². The predicted molar refractivity (Wildman–Crippen MR) is 93.4 cm³/mol. The van der Waals surface area contributed by atoms with Gasteiger partial charge in [0, 0.05) is 17.3 Å². The van der Waals surface area contributed by atoms with Crippen LogP contribution < -0.4 is 9.64 Å². The van der Waals surface area contributed by atoms with E-state index in [-0.39, 0.29) is 5.91 Å². The third kappa shape index (κ3) is 3.20. The zero-order valence-corrected chi connectivity index (χ0v) is 14.1. The largest absolute Gasteiger partial charge is 0.481 e. The number of carbonyl (C=O) groups is 1. The lowest BCUT2D eigenvalue weighted by Crippen LogP contribution is -2.41. The molecular formula is C19H20ClNO2. The summed E-state index contributed by atoms with van der Waals surface area (Å²) < 4.78 is 5.94. The summed E-state index contributed by atoms with van der Waals surface area (Å²) in [6.07, 6.45) is 1.04. The first kappa shape index (κ1) is 15.9. The molecule has 23 heavy (non-hydrogen) atoms. The third-order valence-corrected chi connectivity index (χ3v) is 4.63. The Bertz CT molecular complexity index is 729. The van der Waals surface area contributed by atoms with Crippen molar-refractivity contribution in [2.75, 3.05) is 11.4 Å². The molecule has 120 valence electrons. The molecule has 1 amide bonds. The van der Waals surface area contributed by atoms with Crippen molar-refractivity contribution in [3.05, 3.63) is 58.6 Å². The van der Waals surface area contributed by atoms with Crippen LogP contribution in [0.2, 0.25) is 5.02 Å². The highest BCUT2D eigenvalue weighted by molar-refractivity contribution is 6.31. The van der Waals surface area contributed by atoms with Crippen molar-refractivity contribution >= 4 is 23.2 Å². The number of fused-ring (bicyclic) bond motifs is 1. The highest BCUT2D eigenvalue weighted by atomic mass is 35.5. The zero-order chi connectivity index (χ0) is 16.4. The van der Waals surface area contributed by atoms with Gasteiger partial charge < -0.3 is 9.64 Å². The van der Waals surface area contributed by atoms with Crippen LogP contribution in [-0.2, 0) is 11.2 Å². The minimum atomic E-state index is -0.485. The molecule has 1 aliphatic rings. The summed E-state index contributed by atoms with van der Waals surface area (Å²) in [5.41, 5.74) is 3.17. The van der Waals surface area contributed by atoms with Crippen LogP contribution in [0.15, 0.2) is 42.5 Å². The van der Waals surface area contributed by atoms with Crippen molar-refractivity contribution in [1.82, 2.24) is 0 Å². The van der Waals surface area contributed by atoms with Gasteiger partial charge in [-0.15, -0.1) is 0 Å². The molecule has 2 aromatic carbocycles. The number of rotatable bonds is 4. The quantitative estimate of drug-likeness (QED) is 0.832. The summed E-state index contributed by atoms with van der Waals surface area (Å²) in [5.74, 6) is 0.699. The molecule has 0 spiro atoms. The van der Waals surface area contributed by atoms with Gasteiger partial charge >= 0.3 is 0 Å². The number of amides is 1. The Hall–Kier alpha value is -2.00. The van der Waals surface area contributed by atoms with E-state index in [1.807, 2.05) is 49.1 Å². The second-order valence-electron chi connectivity index (χ2n) is 5.79. The van der Waals surface area contributed by atoms with Crippen LogP contribution in [0.3, 0.4) is 0 Å². The fourth-order valence-corrected chi connectivity index (χ4v) is 3.02. The summed E-state index contributed by atoms with van der Waals surface area (Å²) in [6, 6.07) is 13.5. The maximum Gasteiger partial charge on any atom is 0.268 e. The van der Waals surface area contributed by atoms with Crippen molar-refractivity contribution in [3.8, 4) is 5.75 Å². The fraction of sp³-hybridized carbons (Fsp3) is 0.316. The molecule has 0 radical (unpaired) electrons. The average molecular weight is 330 g/mol. The molecule has 1 atom stereocenters. The number of hydrogen-bond acceptors (Lipinski definition) is 2. The van der Waals surface area contributed by atoms with E-state index in [1.54, 1.807) is 6.07 Å². The standard InChI is InChI=1S/C19H20ClNO2/c1-3-18(23-15-8-9-16(20)13(2)12-15)19(22)21-11-10-14-6-4-5-7-17(14)21/h4-9,12,18H,3,10-11H2,1-2H3/t18-/m0/s1. The Labute approximate surface area is 141 Å². The van der Waals surface area contributed by atoms with E-state index in [2.05, 4.69) is 6.07 Å². The summed E-state index contributed by atoms with van der Waals surface area (Å²) >= 11 is 6.04. The molecule has 1 heterocycles. The highest BCUT2D eigenvalue weighted by Crippen LogP contribution is 2.29. The average Bonchev–Trinajstić information content (AvgIpc) is 2.99. The van der Waals surface area contributed by atoms with Crippen molar-refractivity contribution in [3.63, 3.8) is 0 Å². The van der Waals surface area contributed by atoms with Crippen molar-refractivity contribution in [1.29, 1.82) is 0 Å². The predicted octanol–water partition coefficient (Wildman–Crippen LogP) is 4.40. The molecule has 0 fully saturated rings. The van der Waals surface area contributed by atoms with Crippen LogP contribution >= 0.6 is 11.6 Å². The maximum atomic E-state index is 12.9. The smallest absolute Gasteiger partial charge is 0.268 e. The molecule has 0 unspecified atom stereocenters. The highest BCUT2D eigenvalue weighted by Gasteiger charge is 2.30. The number of anilines is 1. The van der Waals surface area contributed by atoms with Crippen LogP contribution in [-0.4, -0.2) is 18.6 Å². The second kappa shape index (κ2) is 6.63.